The highest BCUT2D eigenvalue weighted by Crippen LogP contribution is 2.20. The molecule has 22 heavy (non-hydrogen) atoms. The minimum absolute atomic E-state index is 0.0195. The van der Waals surface area contributed by atoms with Crippen LogP contribution in [-0.2, 0) is 0 Å². The number of aryl methyl sites for hydroxylation is 1. The topological polar surface area (TPSA) is 64.2 Å². The Morgan fingerprint density at radius 1 is 1.36 bits per heavy atom. The van der Waals surface area contributed by atoms with Crippen LogP contribution in [-0.4, -0.2) is 39.7 Å². The fourth-order valence-electron chi connectivity index (χ4n) is 2.74. The summed E-state index contributed by atoms with van der Waals surface area (Å²) < 4.78 is 2.34. The fourth-order valence-corrected chi connectivity index (χ4v) is 3.12. The van der Waals surface area contributed by atoms with Gasteiger partial charge in [-0.1, -0.05) is 17.7 Å². The molecule has 0 bridgehead atoms. The molecule has 1 unspecified atom stereocenters. The second kappa shape index (κ2) is 6.22. The summed E-state index contributed by atoms with van der Waals surface area (Å²) in [7, 11) is 0. The van der Waals surface area contributed by atoms with E-state index in [9.17, 15) is 4.79 Å². The maximum absolute atomic E-state index is 12.8. The smallest absolute Gasteiger partial charge is 0.272 e. The van der Waals surface area contributed by atoms with E-state index in [4.69, 9.17) is 5.73 Å². The number of hydrogen-bond acceptors (Lipinski definition) is 3. The van der Waals surface area contributed by atoms with E-state index in [-0.39, 0.29) is 11.9 Å². The minimum Gasteiger partial charge on any atom is -0.336 e. The normalized spacial score (nSPS) is 18.5. The van der Waals surface area contributed by atoms with Gasteiger partial charge in [0.1, 0.15) is 10.3 Å². The van der Waals surface area contributed by atoms with Gasteiger partial charge in [0, 0.05) is 25.2 Å². The zero-order valence-electron chi connectivity index (χ0n) is 12.5. The summed E-state index contributed by atoms with van der Waals surface area (Å²) in [6.07, 6.45) is 1.93. The van der Waals surface area contributed by atoms with Crippen LogP contribution in [0.1, 0.15) is 28.9 Å². The first-order valence-electron chi connectivity index (χ1n) is 7.42. The predicted octanol–water partition coefficient (Wildman–Crippen LogP) is 2.51. The maximum atomic E-state index is 12.8. The van der Waals surface area contributed by atoms with Gasteiger partial charge >= 0.3 is 0 Å². The Morgan fingerprint density at radius 2 is 2.09 bits per heavy atom. The number of nitrogens with zero attached hydrogens (tertiary/aromatic N) is 3. The number of carbonyl (C=O) groups is 1. The Hall–Kier alpha value is -1.66. The zero-order valence-corrected chi connectivity index (χ0v) is 14.1. The van der Waals surface area contributed by atoms with Gasteiger partial charge in [0.25, 0.3) is 5.91 Å². The van der Waals surface area contributed by atoms with E-state index in [0.29, 0.717) is 16.8 Å². The summed E-state index contributed by atoms with van der Waals surface area (Å²) in [5.74, 6) is -0.0195. The highest BCUT2D eigenvalue weighted by Gasteiger charge is 2.25. The second-order valence-electron chi connectivity index (χ2n) is 5.75. The van der Waals surface area contributed by atoms with E-state index in [1.807, 2.05) is 36.1 Å². The lowest BCUT2D eigenvalue weighted by atomic mass is 10.1. The molecule has 1 fully saturated rings. The van der Waals surface area contributed by atoms with Crippen LogP contribution in [0.4, 0.5) is 0 Å². The molecule has 2 aromatic rings. The monoisotopic (exact) mass is 362 g/mol. The van der Waals surface area contributed by atoms with Crippen molar-refractivity contribution in [3.8, 4) is 5.69 Å². The standard InChI is InChI=1S/C16H19BrN4O/c1-11-4-6-13(7-5-11)21-14(9-15(17)19-21)16(22)20-8-2-3-12(18)10-20/h4-7,9,12H,2-3,8,10,18H2,1H3. The average Bonchev–Trinajstić information content (AvgIpc) is 2.89. The third-order valence-electron chi connectivity index (χ3n) is 3.92. The molecule has 0 saturated carbocycles. The van der Waals surface area contributed by atoms with Crippen LogP contribution in [0, 0.1) is 6.92 Å². The lowest BCUT2D eigenvalue weighted by Crippen LogP contribution is -2.46. The summed E-state index contributed by atoms with van der Waals surface area (Å²) in [4.78, 5) is 14.6. The fraction of sp³-hybridized carbons (Fsp3) is 0.375. The number of aromatic nitrogens is 2. The molecule has 1 saturated heterocycles. The van der Waals surface area contributed by atoms with Crippen molar-refractivity contribution in [3.05, 3.63) is 46.2 Å². The van der Waals surface area contributed by atoms with Gasteiger partial charge in [0.05, 0.1) is 5.69 Å². The van der Waals surface area contributed by atoms with E-state index in [1.165, 1.54) is 5.56 Å². The molecular formula is C16H19BrN4O. The summed E-state index contributed by atoms with van der Waals surface area (Å²) in [6.45, 7) is 3.39. The van der Waals surface area contributed by atoms with Crippen molar-refractivity contribution in [3.63, 3.8) is 0 Å². The SMILES string of the molecule is Cc1ccc(-n2nc(Br)cc2C(=O)N2CCCC(N)C2)cc1. The quantitative estimate of drug-likeness (QED) is 0.892. The molecule has 0 spiro atoms. The molecule has 1 aliphatic rings. The molecule has 1 amide bonds. The van der Waals surface area contributed by atoms with Crippen LogP contribution >= 0.6 is 15.9 Å². The number of likely N-dealkylation sites (tertiary alicyclic amines) is 1. The molecule has 0 aliphatic carbocycles. The van der Waals surface area contributed by atoms with E-state index in [0.717, 1.165) is 25.1 Å². The third-order valence-corrected chi connectivity index (χ3v) is 4.31. The largest absolute Gasteiger partial charge is 0.336 e. The first kappa shape index (κ1) is 15.2. The van der Waals surface area contributed by atoms with Gasteiger partial charge in [-0.05, 0) is 47.8 Å². The number of halogens is 1. The Balaban J connectivity index is 1.93. The third kappa shape index (κ3) is 3.08. The van der Waals surface area contributed by atoms with Crippen LogP contribution in [0.5, 0.6) is 0 Å². The maximum Gasteiger partial charge on any atom is 0.272 e. The summed E-state index contributed by atoms with van der Waals surface area (Å²) >= 11 is 3.37. The van der Waals surface area contributed by atoms with Crippen LogP contribution in [0.15, 0.2) is 34.9 Å². The Bertz CT molecular complexity index is 680. The molecule has 6 heteroatoms. The van der Waals surface area contributed by atoms with Crippen molar-refractivity contribution in [2.24, 2.45) is 5.73 Å². The molecule has 2 N–H and O–H groups in total. The molecule has 5 nitrogen and oxygen atoms in total. The molecule has 2 heterocycles. The van der Waals surface area contributed by atoms with Gasteiger partial charge in [0.2, 0.25) is 0 Å². The first-order valence-corrected chi connectivity index (χ1v) is 8.21. The molecule has 116 valence electrons. The van der Waals surface area contributed by atoms with Gasteiger partial charge in [-0.25, -0.2) is 4.68 Å². The average molecular weight is 363 g/mol. The van der Waals surface area contributed by atoms with Gasteiger partial charge in [-0.2, -0.15) is 5.10 Å². The van der Waals surface area contributed by atoms with Crippen LogP contribution in [0.2, 0.25) is 0 Å². The van der Waals surface area contributed by atoms with Gasteiger partial charge in [-0.3, -0.25) is 4.79 Å². The molecule has 0 radical (unpaired) electrons. The Labute approximate surface area is 138 Å². The van der Waals surface area contributed by atoms with E-state index in [2.05, 4.69) is 21.0 Å². The van der Waals surface area contributed by atoms with Crippen LogP contribution in [0.25, 0.3) is 5.69 Å². The van der Waals surface area contributed by atoms with Crippen molar-refractivity contribution in [2.45, 2.75) is 25.8 Å². The highest BCUT2D eigenvalue weighted by atomic mass is 79.9. The second-order valence-corrected chi connectivity index (χ2v) is 6.57. The van der Waals surface area contributed by atoms with E-state index < -0.39 is 0 Å². The number of nitrogens with two attached hydrogens (primary N) is 1. The van der Waals surface area contributed by atoms with Crippen molar-refractivity contribution < 1.29 is 4.79 Å². The lowest BCUT2D eigenvalue weighted by molar-refractivity contribution is 0.0699. The van der Waals surface area contributed by atoms with Gasteiger partial charge in [0.15, 0.2) is 0 Å². The molecular weight excluding hydrogens is 344 g/mol. The van der Waals surface area contributed by atoms with Crippen LogP contribution < -0.4 is 5.73 Å². The number of hydrogen-bond donors (Lipinski definition) is 1. The van der Waals surface area contributed by atoms with Crippen molar-refractivity contribution >= 4 is 21.8 Å². The lowest BCUT2D eigenvalue weighted by Gasteiger charge is -2.30. The molecule has 3 rings (SSSR count). The van der Waals surface area contributed by atoms with Crippen molar-refractivity contribution in [2.75, 3.05) is 13.1 Å². The summed E-state index contributed by atoms with van der Waals surface area (Å²) in [5.41, 5.74) is 8.59. The molecule has 1 aromatic carbocycles. The predicted molar refractivity (Wildman–Crippen MR) is 89.1 cm³/mol. The number of piperidine rings is 1. The van der Waals surface area contributed by atoms with Crippen molar-refractivity contribution in [1.29, 1.82) is 0 Å². The highest BCUT2D eigenvalue weighted by molar-refractivity contribution is 9.10. The Kier molecular flexibility index (Phi) is 4.31. The Morgan fingerprint density at radius 3 is 2.77 bits per heavy atom. The first-order chi connectivity index (χ1) is 10.5. The number of benzene rings is 1. The van der Waals surface area contributed by atoms with E-state index >= 15 is 0 Å². The molecule has 1 aliphatic heterocycles. The van der Waals surface area contributed by atoms with Crippen LogP contribution in [0.3, 0.4) is 0 Å². The molecule has 1 aromatic heterocycles. The molecule has 1 atom stereocenters. The number of carbonyl (C=O) groups excluding carboxylic acids is 1. The zero-order chi connectivity index (χ0) is 15.7. The van der Waals surface area contributed by atoms with E-state index in [1.54, 1.807) is 10.7 Å². The minimum atomic E-state index is -0.0195. The van der Waals surface area contributed by atoms with Gasteiger partial charge in [-0.15, -0.1) is 0 Å². The number of rotatable bonds is 2. The summed E-state index contributed by atoms with van der Waals surface area (Å²) in [6, 6.07) is 9.78. The van der Waals surface area contributed by atoms with Gasteiger partial charge < -0.3 is 10.6 Å². The number of amides is 1. The van der Waals surface area contributed by atoms with Crippen molar-refractivity contribution in [1.82, 2.24) is 14.7 Å². The summed E-state index contributed by atoms with van der Waals surface area (Å²) in [5, 5.41) is 4.40.